The third-order valence-corrected chi connectivity index (χ3v) is 6.25. The fourth-order valence-electron chi connectivity index (χ4n) is 4.14. The van der Waals surface area contributed by atoms with Gasteiger partial charge in [-0.25, -0.2) is 4.98 Å². The smallest absolute Gasteiger partial charge is 0.236 e. The number of piperazine rings is 1. The molecular weight excluding hydrogens is 414 g/mol. The van der Waals surface area contributed by atoms with Crippen LogP contribution in [0.3, 0.4) is 0 Å². The van der Waals surface area contributed by atoms with Crippen LogP contribution in [0.1, 0.15) is 12.8 Å². The van der Waals surface area contributed by atoms with Gasteiger partial charge < -0.3 is 15.1 Å². The highest BCUT2D eigenvalue weighted by Gasteiger charge is 2.29. The molecule has 1 aromatic carbocycles. The van der Waals surface area contributed by atoms with Crippen LogP contribution in [0, 0.1) is 5.92 Å². The van der Waals surface area contributed by atoms with Gasteiger partial charge in [-0.15, -0.1) is 0 Å². The predicted octanol–water partition coefficient (Wildman–Crippen LogP) is 2.73. The number of hydrogen-bond donors (Lipinski definition) is 1. The van der Waals surface area contributed by atoms with Crippen LogP contribution in [0.2, 0.25) is 5.02 Å². The molecule has 2 fully saturated rings. The van der Waals surface area contributed by atoms with E-state index < -0.39 is 0 Å². The lowest BCUT2D eigenvalue weighted by molar-refractivity contribution is -0.135. The molecule has 0 spiro atoms. The second-order valence-corrected chi connectivity index (χ2v) is 8.54. The molecule has 1 aromatic heterocycles. The van der Waals surface area contributed by atoms with Gasteiger partial charge in [0.05, 0.1) is 11.6 Å². The Labute approximate surface area is 188 Å². The van der Waals surface area contributed by atoms with Crippen molar-refractivity contribution >= 4 is 34.9 Å². The Balaban J connectivity index is 1.19. The number of rotatable bonds is 5. The Morgan fingerprint density at radius 3 is 2.32 bits per heavy atom. The SMILES string of the molecule is O=C(Nc1ccccc1)C1CCN(C(=O)CN2CCN(c3ccc(Cl)cn3)CC2)CC1. The molecule has 2 saturated heterocycles. The standard InChI is InChI=1S/C23H28ClN5O2/c24-19-6-7-21(25-16-19)28-14-12-27(13-15-28)17-22(30)29-10-8-18(9-11-29)23(31)26-20-4-2-1-3-5-20/h1-7,16,18H,8-15,17H2,(H,26,31). The number of carbonyl (C=O) groups excluding carboxylic acids is 2. The summed E-state index contributed by atoms with van der Waals surface area (Å²) in [7, 11) is 0. The summed E-state index contributed by atoms with van der Waals surface area (Å²) < 4.78 is 0. The molecule has 0 aliphatic carbocycles. The van der Waals surface area contributed by atoms with Gasteiger partial charge in [0.25, 0.3) is 0 Å². The van der Waals surface area contributed by atoms with E-state index in [1.165, 1.54) is 0 Å². The largest absolute Gasteiger partial charge is 0.354 e. The third-order valence-electron chi connectivity index (χ3n) is 6.03. The molecule has 3 heterocycles. The second kappa shape index (κ2) is 10.1. The van der Waals surface area contributed by atoms with Gasteiger partial charge in [0.1, 0.15) is 5.82 Å². The molecule has 7 nitrogen and oxygen atoms in total. The number of amides is 2. The molecule has 0 radical (unpaired) electrons. The first-order chi connectivity index (χ1) is 15.1. The Morgan fingerprint density at radius 2 is 1.68 bits per heavy atom. The van der Waals surface area contributed by atoms with Gasteiger partial charge in [-0.2, -0.15) is 0 Å². The summed E-state index contributed by atoms with van der Waals surface area (Å²) in [5, 5.41) is 3.61. The average Bonchev–Trinajstić information content (AvgIpc) is 2.81. The van der Waals surface area contributed by atoms with E-state index in [9.17, 15) is 9.59 Å². The lowest BCUT2D eigenvalue weighted by Gasteiger charge is -2.37. The number of likely N-dealkylation sites (tertiary alicyclic amines) is 1. The summed E-state index contributed by atoms with van der Waals surface area (Å²) in [5.41, 5.74) is 0.818. The minimum absolute atomic E-state index is 0.0420. The number of para-hydroxylation sites is 1. The zero-order valence-corrected chi connectivity index (χ0v) is 18.3. The van der Waals surface area contributed by atoms with Gasteiger partial charge in [-0.1, -0.05) is 29.8 Å². The van der Waals surface area contributed by atoms with Crippen molar-refractivity contribution in [1.82, 2.24) is 14.8 Å². The summed E-state index contributed by atoms with van der Waals surface area (Å²) in [6, 6.07) is 13.3. The molecule has 164 valence electrons. The topological polar surface area (TPSA) is 68.8 Å². The minimum Gasteiger partial charge on any atom is -0.354 e. The first-order valence-corrected chi connectivity index (χ1v) is 11.2. The summed E-state index contributed by atoms with van der Waals surface area (Å²) in [5.74, 6) is 1.08. The summed E-state index contributed by atoms with van der Waals surface area (Å²) in [4.78, 5) is 35.9. The van der Waals surface area contributed by atoms with Gasteiger partial charge in [0, 0.05) is 57.1 Å². The summed E-state index contributed by atoms with van der Waals surface area (Å²) in [6.07, 6.45) is 3.08. The Morgan fingerprint density at radius 1 is 0.968 bits per heavy atom. The van der Waals surface area contributed by atoms with Crippen LogP contribution in [0.25, 0.3) is 0 Å². The van der Waals surface area contributed by atoms with Crippen molar-refractivity contribution in [3.63, 3.8) is 0 Å². The monoisotopic (exact) mass is 441 g/mol. The minimum atomic E-state index is -0.0420. The summed E-state index contributed by atoms with van der Waals surface area (Å²) >= 11 is 5.91. The molecule has 31 heavy (non-hydrogen) atoms. The van der Waals surface area contributed by atoms with Gasteiger partial charge >= 0.3 is 0 Å². The lowest BCUT2D eigenvalue weighted by Crippen LogP contribution is -2.51. The molecule has 2 amide bonds. The van der Waals surface area contributed by atoms with E-state index in [0.29, 0.717) is 37.5 Å². The molecular formula is C23H28ClN5O2. The maximum Gasteiger partial charge on any atom is 0.236 e. The van der Waals surface area contributed by atoms with E-state index in [2.05, 4.69) is 20.1 Å². The van der Waals surface area contributed by atoms with Crippen LogP contribution in [0.5, 0.6) is 0 Å². The number of nitrogens with zero attached hydrogens (tertiary/aromatic N) is 4. The number of aromatic nitrogens is 1. The van der Waals surface area contributed by atoms with E-state index in [0.717, 1.165) is 37.7 Å². The van der Waals surface area contributed by atoms with Crippen LogP contribution in [-0.2, 0) is 9.59 Å². The molecule has 1 N–H and O–H groups in total. The average molecular weight is 442 g/mol. The van der Waals surface area contributed by atoms with Crippen molar-refractivity contribution in [3.8, 4) is 0 Å². The molecule has 2 aromatic rings. The van der Waals surface area contributed by atoms with E-state index in [1.807, 2.05) is 47.4 Å². The van der Waals surface area contributed by atoms with E-state index in [1.54, 1.807) is 6.20 Å². The number of pyridine rings is 1. The quantitative estimate of drug-likeness (QED) is 0.772. The fourth-order valence-corrected chi connectivity index (χ4v) is 4.25. The summed E-state index contributed by atoms with van der Waals surface area (Å²) in [6.45, 7) is 5.04. The molecule has 0 saturated carbocycles. The maximum absolute atomic E-state index is 12.8. The van der Waals surface area contributed by atoms with E-state index in [-0.39, 0.29) is 17.7 Å². The Kier molecular flexibility index (Phi) is 7.04. The Bertz CT molecular complexity index is 877. The highest BCUT2D eigenvalue weighted by Crippen LogP contribution is 2.20. The van der Waals surface area contributed by atoms with Crippen LogP contribution in [0.15, 0.2) is 48.7 Å². The van der Waals surface area contributed by atoms with Crippen LogP contribution < -0.4 is 10.2 Å². The predicted molar refractivity (Wildman–Crippen MR) is 122 cm³/mol. The first-order valence-electron chi connectivity index (χ1n) is 10.8. The van der Waals surface area contributed by atoms with E-state index in [4.69, 9.17) is 11.6 Å². The van der Waals surface area contributed by atoms with Crippen molar-refractivity contribution in [2.45, 2.75) is 12.8 Å². The fraction of sp³-hybridized carbons (Fsp3) is 0.435. The van der Waals surface area contributed by atoms with Gasteiger partial charge in [0.15, 0.2) is 0 Å². The van der Waals surface area contributed by atoms with Crippen LogP contribution in [0.4, 0.5) is 11.5 Å². The molecule has 0 atom stereocenters. The number of hydrogen-bond acceptors (Lipinski definition) is 5. The highest BCUT2D eigenvalue weighted by atomic mass is 35.5. The lowest BCUT2D eigenvalue weighted by atomic mass is 9.95. The van der Waals surface area contributed by atoms with Crippen molar-refractivity contribution in [1.29, 1.82) is 0 Å². The van der Waals surface area contributed by atoms with E-state index >= 15 is 0 Å². The first kappa shape index (κ1) is 21.6. The molecule has 0 unspecified atom stereocenters. The zero-order valence-electron chi connectivity index (χ0n) is 17.5. The Hall–Kier alpha value is -2.64. The molecule has 2 aliphatic rings. The van der Waals surface area contributed by atoms with Crippen LogP contribution in [-0.4, -0.2) is 72.4 Å². The van der Waals surface area contributed by atoms with Crippen molar-refractivity contribution in [3.05, 3.63) is 53.7 Å². The molecule has 0 bridgehead atoms. The number of anilines is 2. The van der Waals surface area contributed by atoms with Gasteiger partial charge in [0.2, 0.25) is 11.8 Å². The molecule has 4 rings (SSSR count). The maximum atomic E-state index is 12.8. The van der Waals surface area contributed by atoms with Crippen molar-refractivity contribution < 1.29 is 9.59 Å². The highest BCUT2D eigenvalue weighted by molar-refractivity contribution is 6.30. The molecule has 8 heteroatoms. The van der Waals surface area contributed by atoms with Gasteiger partial charge in [-0.05, 0) is 37.1 Å². The van der Waals surface area contributed by atoms with Crippen LogP contribution >= 0.6 is 11.6 Å². The number of halogens is 1. The number of benzene rings is 1. The number of nitrogens with one attached hydrogen (secondary N) is 1. The number of piperidine rings is 1. The van der Waals surface area contributed by atoms with Crippen molar-refractivity contribution in [2.24, 2.45) is 5.92 Å². The van der Waals surface area contributed by atoms with Crippen molar-refractivity contribution in [2.75, 3.05) is 56.0 Å². The molecule has 2 aliphatic heterocycles. The second-order valence-electron chi connectivity index (χ2n) is 8.11. The third kappa shape index (κ3) is 5.74. The zero-order chi connectivity index (χ0) is 21.6. The number of carbonyl (C=O) groups is 2. The normalized spacial score (nSPS) is 18.1. The van der Waals surface area contributed by atoms with Gasteiger partial charge in [-0.3, -0.25) is 14.5 Å².